The number of hydrogen-bond acceptors (Lipinski definition) is 5. The molecule has 0 unspecified atom stereocenters. The standard InChI is InChI=1S/C18H19ClN2O5/c1-10-14(18(23)24)6-13(26-10)8-21(2)17(22)12-5-15(19)16(20-7-12)25-9-11-3-4-11/h5-7,11H,3-4,8-9H2,1-2H3,(H,23,24). The van der Waals surface area contributed by atoms with Crippen molar-refractivity contribution in [3.05, 3.63) is 46.0 Å². The molecule has 8 heteroatoms. The fourth-order valence-corrected chi connectivity index (χ4v) is 2.71. The molecule has 138 valence electrons. The number of halogens is 1. The van der Waals surface area contributed by atoms with Crippen LogP contribution >= 0.6 is 11.6 Å². The number of aryl methyl sites for hydroxylation is 1. The number of pyridine rings is 1. The summed E-state index contributed by atoms with van der Waals surface area (Å²) >= 11 is 6.16. The lowest BCUT2D eigenvalue weighted by Crippen LogP contribution is -2.26. The van der Waals surface area contributed by atoms with Gasteiger partial charge in [-0.3, -0.25) is 4.79 Å². The van der Waals surface area contributed by atoms with Crippen LogP contribution in [0.3, 0.4) is 0 Å². The highest BCUT2D eigenvalue weighted by Crippen LogP contribution is 2.31. The minimum Gasteiger partial charge on any atom is -0.478 e. The Labute approximate surface area is 155 Å². The third kappa shape index (κ3) is 4.16. The Kier molecular flexibility index (Phi) is 5.18. The Morgan fingerprint density at radius 3 is 2.73 bits per heavy atom. The molecule has 0 aromatic carbocycles. The predicted octanol–water partition coefficient (Wildman–Crippen LogP) is 3.40. The molecule has 0 spiro atoms. The zero-order chi connectivity index (χ0) is 18.8. The molecular formula is C18H19ClN2O5. The molecule has 0 aliphatic heterocycles. The number of carboxylic acid groups (broad SMARTS) is 1. The summed E-state index contributed by atoms with van der Waals surface area (Å²) in [5, 5.41) is 9.35. The number of nitrogens with zero attached hydrogens (tertiary/aromatic N) is 2. The Morgan fingerprint density at radius 2 is 2.15 bits per heavy atom. The van der Waals surface area contributed by atoms with Crippen LogP contribution in [0.5, 0.6) is 5.88 Å². The summed E-state index contributed by atoms with van der Waals surface area (Å²) < 4.78 is 11.0. The molecule has 1 aliphatic rings. The topological polar surface area (TPSA) is 92.9 Å². The fourth-order valence-electron chi connectivity index (χ4n) is 2.49. The van der Waals surface area contributed by atoms with Crippen LogP contribution in [0, 0.1) is 12.8 Å². The van der Waals surface area contributed by atoms with E-state index in [0.717, 1.165) is 12.8 Å². The van der Waals surface area contributed by atoms with E-state index in [0.29, 0.717) is 35.5 Å². The van der Waals surface area contributed by atoms with Crippen molar-refractivity contribution in [1.82, 2.24) is 9.88 Å². The number of hydrogen-bond donors (Lipinski definition) is 1. The maximum atomic E-state index is 12.5. The van der Waals surface area contributed by atoms with E-state index in [1.54, 1.807) is 14.0 Å². The molecule has 0 bridgehead atoms. The van der Waals surface area contributed by atoms with Gasteiger partial charge in [-0.25, -0.2) is 9.78 Å². The maximum Gasteiger partial charge on any atom is 0.339 e. The number of aromatic carboxylic acids is 1. The summed E-state index contributed by atoms with van der Waals surface area (Å²) in [7, 11) is 1.59. The van der Waals surface area contributed by atoms with E-state index in [2.05, 4.69) is 4.98 Å². The molecule has 1 saturated carbocycles. The van der Waals surface area contributed by atoms with Gasteiger partial charge in [-0.1, -0.05) is 11.6 Å². The summed E-state index contributed by atoms with van der Waals surface area (Å²) in [6, 6.07) is 2.94. The number of ether oxygens (including phenoxy) is 1. The number of rotatable bonds is 7. The third-order valence-electron chi connectivity index (χ3n) is 4.15. The molecule has 0 radical (unpaired) electrons. The van der Waals surface area contributed by atoms with Gasteiger partial charge < -0.3 is 19.2 Å². The second-order valence-corrected chi connectivity index (χ2v) is 6.82. The highest BCUT2D eigenvalue weighted by Gasteiger charge is 2.23. The van der Waals surface area contributed by atoms with E-state index < -0.39 is 5.97 Å². The van der Waals surface area contributed by atoms with Crippen LogP contribution in [0.4, 0.5) is 0 Å². The monoisotopic (exact) mass is 378 g/mol. The first-order valence-corrected chi connectivity index (χ1v) is 8.59. The van der Waals surface area contributed by atoms with E-state index in [1.807, 2.05) is 0 Å². The van der Waals surface area contributed by atoms with E-state index >= 15 is 0 Å². The van der Waals surface area contributed by atoms with Crippen molar-refractivity contribution in [1.29, 1.82) is 0 Å². The van der Waals surface area contributed by atoms with Crippen molar-refractivity contribution in [3.8, 4) is 5.88 Å². The number of carbonyl (C=O) groups is 2. The molecule has 2 aromatic rings. The van der Waals surface area contributed by atoms with Gasteiger partial charge in [0.2, 0.25) is 5.88 Å². The lowest BCUT2D eigenvalue weighted by atomic mass is 10.2. The average molecular weight is 379 g/mol. The zero-order valence-electron chi connectivity index (χ0n) is 14.5. The number of furan rings is 1. The lowest BCUT2D eigenvalue weighted by Gasteiger charge is -2.16. The molecule has 1 fully saturated rings. The molecule has 26 heavy (non-hydrogen) atoms. The van der Waals surface area contributed by atoms with Gasteiger partial charge in [0, 0.05) is 13.2 Å². The maximum absolute atomic E-state index is 12.5. The smallest absolute Gasteiger partial charge is 0.339 e. The van der Waals surface area contributed by atoms with Gasteiger partial charge in [-0.05, 0) is 37.8 Å². The number of carboxylic acids is 1. The van der Waals surface area contributed by atoms with Crippen LogP contribution in [-0.4, -0.2) is 40.5 Å². The normalized spacial score (nSPS) is 13.5. The molecular weight excluding hydrogens is 360 g/mol. The number of amides is 1. The van der Waals surface area contributed by atoms with Crippen LogP contribution in [0.1, 0.15) is 45.1 Å². The molecule has 0 saturated heterocycles. The van der Waals surface area contributed by atoms with Gasteiger partial charge in [-0.2, -0.15) is 0 Å². The van der Waals surface area contributed by atoms with Crippen LogP contribution in [0.25, 0.3) is 0 Å². The molecule has 1 amide bonds. The Balaban J connectivity index is 1.66. The first kappa shape index (κ1) is 18.3. The Bertz CT molecular complexity index is 844. The molecule has 7 nitrogen and oxygen atoms in total. The van der Waals surface area contributed by atoms with Crippen LogP contribution in [-0.2, 0) is 6.54 Å². The molecule has 0 atom stereocenters. The predicted molar refractivity (Wildman–Crippen MR) is 93.7 cm³/mol. The molecule has 1 aliphatic carbocycles. The van der Waals surface area contributed by atoms with E-state index in [4.69, 9.17) is 25.9 Å². The van der Waals surface area contributed by atoms with Gasteiger partial charge in [-0.15, -0.1) is 0 Å². The van der Waals surface area contributed by atoms with Gasteiger partial charge in [0.05, 0.1) is 18.7 Å². The molecule has 1 N–H and O–H groups in total. The van der Waals surface area contributed by atoms with E-state index in [1.165, 1.54) is 23.2 Å². The first-order valence-electron chi connectivity index (χ1n) is 8.21. The van der Waals surface area contributed by atoms with Crippen molar-refractivity contribution >= 4 is 23.5 Å². The van der Waals surface area contributed by atoms with Crippen molar-refractivity contribution in [2.24, 2.45) is 5.92 Å². The highest BCUT2D eigenvalue weighted by atomic mass is 35.5. The summed E-state index contributed by atoms with van der Waals surface area (Å²) in [5.41, 5.74) is 0.403. The van der Waals surface area contributed by atoms with Gasteiger partial charge in [0.1, 0.15) is 22.1 Å². The second-order valence-electron chi connectivity index (χ2n) is 6.41. The summed E-state index contributed by atoms with van der Waals surface area (Å²) in [5.74, 6) is 0.219. The zero-order valence-corrected chi connectivity index (χ0v) is 15.2. The van der Waals surface area contributed by atoms with Gasteiger partial charge in [0.15, 0.2) is 0 Å². The summed E-state index contributed by atoms with van der Waals surface area (Å²) in [4.78, 5) is 29.1. The Morgan fingerprint density at radius 1 is 1.42 bits per heavy atom. The Hall–Kier alpha value is -2.54. The molecule has 2 aromatic heterocycles. The average Bonchev–Trinajstić information content (AvgIpc) is 3.34. The second kappa shape index (κ2) is 7.37. The highest BCUT2D eigenvalue weighted by molar-refractivity contribution is 6.32. The number of aromatic nitrogens is 1. The minimum atomic E-state index is -1.07. The summed E-state index contributed by atoms with van der Waals surface area (Å²) in [6.07, 6.45) is 3.74. The van der Waals surface area contributed by atoms with E-state index in [9.17, 15) is 9.59 Å². The van der Waals surface area contributed by atoms with Crippen LogP contribution < -0.4 is 4.74 Å². The van der Waals surface area contributed by atoms with E-state index in [-0.39, 0.29) is 23.0 Å². The van der Waals surface area contributed by atoms with Crippen molar-refractivity contribution < 1.29 is 23.8 Å². The van der Waals surface area contributed by atoms with Crippen molar-refractivity contribution in [3.63, 3.8) is 0 Å². The SMILES string of the molecule is Cc1oc(CN(C)C(=O)c2cnc(OCC3CC3)c(Cl)c2)cc1C(=O)O. The summed E-state index contributed by atoms with van der Waals surface area (Å²) in [6.45, 7) is 2.28. The van der Waals surface area contributed by atoms with Crippen molar-refractivity contribution in [2.45, 2.75) is 26.3 Å². The van der Waals surface area contributed by atoms with Crippen LogP contribution in [0.2, 0.25) is 5.02 Å². The number of carbonyl (C=O) groups excluding carboxylic acids is 1. The van der Waals surface area contributed by atoms with Crippen LogP contribution in [0.15, 0.2) is 22.7 Å². The molecule has 2 heterocycles. The van der Waals surface area contributed by atoms with Crippen molar-refractivity contribution in [2.75, 3.05) is 13.7 Å². The first-order chi connectivity index (χ1) is 12.3. The quantitative estimate of drug-likeness (QED) is 0.793. The minimum absolute atomic E-state index is 0.0859. The van der Waals surface area contributed by atoms with Gasteiger partial charge in [0.25, 0.3) is 5.91 Å². The largest absolute Gasteiger partial charge is 0.478 e. The fraction of sp³-hybridized carbons (Fsp3) is 0.389. The third-order valence-corrected chi connectivity index (χ3v) is 4.42. The molecule has 3 rings (SSSR count). The van der Waals surface area contributed by atoms with Gasteiger partial charge >= 0.3 is 5.97 Å². The lowest BCUT2D eigenvalue weighted by molar-refractivity contribution is 0.0694.